The molecular weight excluding hydrogens is 278 g/mol. The maximum absolute atomic E-state index is 5.92. The Morgan fingerprint density at radius 3 is 2.79 bits per heavy atom. The fourth-order valence-electron chi connectivity index (χ4n) is 2.80. The predicted molar refractivity (Wildman–Crippen MR) is 84.1 cm³/mol. The van der Waals surface area contributed by atoms with E-state index in [1.807, 2.05) is 6.07 Å². The molecular formula is C14H24ClN3S. The lowest BCUT2D eigenvalue weighted by Gasteiger charge is -2.22. The van der Waals surface area contributed by atoms with Crippen LogP contribution in [0.5, 0.6) is 0 Å². The summed E-state index contributed by atoms with van der Waals surface area (Å²) in [7, 11) is 4.37. The van der Waals surface area contributed by atoms with Gasteiger partial charge in [0.15, 0.2) is 0 Å². The fraction of sp³-hybridized carbons (Fsp3) is 0.714. The zero-order valence-corrected chi connectivity index (χ0v) is 13.6. The topological polar surface area (TPSA) is 18.5 Å². The maximum atomic E-state index is 5.92. The molecule has 0 aliphatic carbocycles. The number of nitrogens with zero attached hydrogens (tertiary/aromatic N) is 2. The van der Waals surface area contributed by atoms with Gasteiger partial charge in [0, 0.05) is 43.6 Å². The third-order valence-electron chi connectivity index (χ3n) is 3.84. The van der Waals surface area contributed by atoms with E-state index in [1.165, 1.54) is 18.0 Å². The summed E-state index contributed by atoms with van der Waals surface area (Å²) >= 11 is 7.57. The number of rotatable bonds is 6. The zero-order chi connectivity index (χ0) is 13.8. The van der Waals surface area contributed by atoms with Crippen LogP contribution in [0.3, 0.4) is 0 Å². The van der Waals surface area contributed by atoms with E-state index in [0.29, 0.717) is 6.04 Å². The van der Waals surface area contributed by atoms with Crippen molar-refractivity contribution in [3.63, 3.8) is 0 Å². The number of halogens is 1. The molecule has 1 fully saturated rings. The minimum Gasteiger partial charge on any atom is -0.311 e. The van der Waals surface area contributed by atoms with Gasteiger partial charge in [-0.25, -0.2) is 0 Å². The lowest BCUT2D eigenvalue weighted by atomic mass is 10.1. The van der Waals surface area contributed by atoms with E-state index < -0.39 is 0 Å². The monoisotopic (exact) mass is 301 g/mol. The average molecular weight is 302 g/mol. The van der Waals surface area contributed by atoms with Crippen molar-refractivity contribution in [2.75, 3.05) is 40.3 Å². The van der Waals surface area contributed by atoms with Crippen LogP contribution in [0.1, 0.15) is 11.8 Å². The van der Waals surface area contributed by atoms with Crippen LogP contribution in [0.25, 0.3) is 0 Å². The second-order valence-corrected chi connectivity index (χ2v) is 7.45. The molecule has 2 unspecified atom stereocenters. The number of hydrogen-bond acceptors (Lipinski definition) is 4. The second-order valence-electron chi connectivity index (χ2n) is 5.65. The highest BCUT2D eigenvalue weighted by Crippen LogP contribution is 2.21. The highest BCUT2D eigenvalue weighted by atomic mass is 35.5. The quantitative estimate of drug-likeness (QED) is 0.814. The van der Waals surface area contributed by atoms with Crippen molar-refractivity contribution < 1.29 is 0 Å². The summed E-state index contributed by atoms with van der Waals surface area (Å²) in [5.41, 5.74) is 0. The molecule has 0 bridgehead atoms. The Kier molecular flexibility index (Phi) is 5.66. The summed E-state index contributed by atoms with van der Waals surface area (Å²) in [6.45, 7) is 7.87. The lowest BCUT2D eigenvalue weighted by Crippen LogP contribution is -2.35. The van der Waals surface area contributed by atoms with Gasteiger partial charge in [-0.3, -0.25) is 0 Å². The molecule has 1 aliphatic rings. The van der Waals surface area contributed by atoms with Gasteiger partial charge in [0.05, 0.1) is 4.34 Å². The number of likely N-dealkylation sites (tertiary alicyclic amines) is 1. The molecule has 2 atom stereocenters. The van der Waals surface area contributed by atoms with Crippen LogP contribution in [-0.4, -0.2) is 56.1 Å². The van der Waals surface area contributed by atoms with Crippen LogP contribution in [0.4, 0.5) is 0 Å². The zero-order valence-electron chi connectivity index (χ0n) is 12.0. The molecule has 0 saturated carbocycles. The largest absolute Gasteiger partial charge is 0.311 e. The molecule has 2 heterocycles. The normalized spacial score (nSPS) is 24.5. The maximum Gasteiger partial charge on any atom is 0.0931 e. The first kappa shape index (κ1) is 15.3. The SMILES string of the molecule is CC1CN(CCNCc2ccc(Cl)s2)CC1N(C)C. The summed E-state index contributed by atoms with van der Waals surface area (Å²) in [6.07, 6.45) is 0. The molecule has 1 aliphatic heterocycles. The number of nitrogens with one attached hydrogen (secondary N) is 1. The van der Waals surface area contributed by atoms with Gasteiger partial charge in [0.25, 0.3) is 0 Å². The van der Waals surface area contributed by atoms with Gasteiger partial charge in [-0.2, -0.15) is 0 Å². The summed E-state index contributed by atoms with van der Waals surface area (Å²) in [5, 5.41) is 3.50. The van der Waals surface area contributed by atoms with E-state index >= 15 is 0 Å². The molecule has 19 heavy (non-hydrogen) atoms. The first-order valence-electron chi connectivity index (χ1n) is 6.90. The average Bonchev–Trinajstić information content (AvgIpc) is 2.91. The summed E-state index contributed by atoms with van der Waals surface area (Å²) in [6, 6.07) is 4.77. The van der Waals surface area contributed by atoms with E-state index in [2.05, 4.69) is 42.2 Å². The highest BCUT2D eigenvalue weighted by molar-refractivity contribution is 7.16. The standard InChI is InChI=1S/C14H24ClN3S/c1-11-9-18(10-13(11)17(2)3)7-6-16-8-12-4-5-14(15)19-12/h4-5,11,13,16H,6-10H2,1-3H3. The van der Waals surface area contributed by atoms with Crippen molar-refractivity contribution in [2.45, 2.75) is 19.5 Å². The Balaban J connectivity index is 1.64. The third-order valence-corrected chi connectivity index (χ3v) is 5.08. The molecule has 0 radical (unpaired) electrons. The molecule has 1 N–H and O–H groups in total. The molecule has 1 saturated heterocycles. The van der Waals surface area contributed by atoms with Gasteiger partial charge in [0.1, 0.15) is 0 Å². The Bertz CT molecular complexity index is 394. The van der Waals surface area contributed by atoms with Gasteiger partial charge in [0.2, 0.25) is 0 Å². The Morgan fingerprint density at radius 1 is 1.42 bits per heavy atom. The Labute approximate surface area is 125 Å². The summed E-state index contributed by atoms with van der Waals surface area (Å²) in [5.74, 6) is 0.770. The fourth-order valence-corrected chi connectivity index (χ4v) is 3.86. The molecule has 0 amide bonds. The van der Waals surface area contributed by atoms with Crippen molar-refractivity contribution >= 4 is 22.9 Å². The summed E-state index contributed by atoms with van der Waals surface area (Å²) in [4.78, 5) is 6.22. The van der Waals surface area contributed by atoms with Crippen molar-refractivity contribution in [2.24, 2.45) is 5.92 Å². The van der Waals surface area contributed by atoms with E-state index in [1.54, 1.807) is 11.3 Å². The first-order chi connectivity index (χ1) is 9.06. The van der Waals surface area contributed by atoms with E-state index in [4.69, 9.17) is 11.6 Å². The van der Waals surface area contributed by atoms with Crippen molar-refractivity contribution in [3.8, 4) is 0 Å². The van der Waals surface area contributed by atoms with Crippen LogP contribution in [0.15, 0.2) is 12.1 Å². The minimum absolute atomic E-state index is 0.705. The lowest BCUT2D eigenvalue weighted by molar-refractivity contribution is 0.252. The van der Waals surface area contributed by atoms with Gasteiger partial charge in [-0.15, -0.1) is 11.3 Å². The molecule has 0 aromatic carbocycles. The molecule has 5 heteroatoms. The number of likely N-dealkylation sites (N-methyl/N-ethyl adjacent to an activating group) is 1. The number of thiophene rings is 1. The molecule has 2 rings (SSSR count). The molecule has 1 aromatic heterocycles. The van der Waals surface area contributed by atoms with Gasteiger partial charge in [-0.05, 0) is 32.1 Å². The Hall–Kier alpha value is -0.130. The molecule has 1 aromatic rings. The predicted octanol–water partition coefficient (Wildman–Crippen LogP) is 2.37. The summed E-state index contributed by atoms with van der Waals surface area (Å²) < 4.78 is 0.874. The second kappa shape index (κ2) is 7.04. The van der Waals surface area contributed by atoms with Crippen molar-refractivity contribution in [3.05, 3.63) is 21.3 Å². The van der Waals surface area contributed by atoms with Crippen LogP contribution < -0.4 is 5.32 Å². The molecule has 108 valence electrons. The highest BCUT2D eigenvalue weighted by Gasteiger charge is 2.30. The van der Waals surface area contributed by atoms with Gasteiger partial charge >= 0.3 is 0 Å². The van der Waals surface area contributed by atoms with Gasteiger partial charge in [-0.1, -0.05) is 18.5 Å². The Morgan fingerprint density at radius 2 is 2.21 bits per heavy atom. The van der Waals surface area contributed by atoms with Crippen LogP contribution in [0.2, 0.25) is 4.34 Å². The molecule has 0 spiro atoms. The van der Waals surface area contributed by atoms with E-state index in [9.17, 15) is 0 Å². The smallest absolute Gasteiger partial charge is 0.0931 e. The minimum atomic E-state index is 0.705. The van der Waals surface area contributed by atoms with Gasteiger partial charge < -0.3 is 15.1 Å². The van der Waals surface area contributed by atoms with E-state index in [-0.39, 0.29) is 0 Å². The first-order valence-corrected chi connectivity index (χ1v) is 8.09. The van der Waals surface area contributed by atoms with Crippen LogP contribution in [-0.2, 0) is 6.54 Å². The van der Waals surface area contributed by atoms with Crippen molar-refractivity contribution in [1.82, 2.24) is 15.1 Å². The van der Waals surface area contributed by atoms with Crippen molar-refractivity contribution in [1.29, 1.82) is 0 Å². The van der Waals surface area contributed by atoms with Crippen LogP contribution >= 0.6 is 22.9 Å². The molecule has 3 nitrogen and oxygen atoms in total. The third kappa shape index (κ3) is 4.43. The van der Waals surface area contributed by atoms with Crippen LogP contribution in [0, 0.1) is 5.92 Å². The van der Waals surface area contributed by atoms with E-state index in [0.717, 1.165) is 29.9 Å². The number of hydrogen-bond donors (Lipinski definition) is 1.